The van der Waals surface area contributed by atoms with E-state index in [1.165, 1.54) is 10.6 Å². The summed E-state index contributed by atoms with van der Waals surface area (Å²) in [4.78, 5) is 24.3. The zero-order valence-corrected chi connectivity index (χ0v) is 14.4. The number of carbonyl (C=O) groups is 1. The first-order chi connectivity index (χ1) is 11.9. The van der Waals surface area contributed by atoms with Crippen LogP contribution in [-0.4, -0.2) is 33.6 Å². The molecule has 0 aliphatic carbocycles. The van der Waals surface area contributed by atoms with Gasteiger partial charge in [-0.2, -0.15) is 0 Å². The largest absolute Gasteiger partial charge is 0.475 e. The van der Waals surface area contributed by atoms with Crippen LogP contribution in [0.5, 0.6) is 0 Å². The van der Waals surface area contributed by atoms with Gasteiger partial charge in [-0.1, -0.05) is 38.1 Å². The lowest BCUT2D eigenvalue weighted by molar-refractivity contribution is -0.117. The lowest BCUT2D eigenvalue weighted by Gasteiger charge is -2.18. The van der Waals surface area contributed by atoms with Gasteiger partial charge < -0.3 is 19.9 Å². The summed E-state index contributed by atoms with van der Waals surface area (Å²) in [5.74, 6) is -0.930. The van der Waals surface area contributed by atoms with Crippen LogP contribution in [0.4, 0.5) is 0 Å². The fourth-order valence-electron chi connectivity index (χ4n) is 2.64. The van der Waals surface area contributed by atoms with Crippen LogP contribution in [-0.2, 0) is 11.3 Å². The number of hydrogen-bond donors (Lipinski definition) is 3. The summed E-state index contributed by atoms with van der Waals surface area (Å²) >= 11 is 0. The molecule has 25 heavy (non-hydrogen) atoms. The lowest BCUT2D eigenvalue weighted by atomic mass is 9.75. The quantitative estimate of drug-likeness (QED) is 0.519. The third-order valence-corrected chi connectivity index (χ3v) is 3.87. The number of pyridine rings is 1. The Morgan fingerprint density at radius 1 is 1.28 bits per heavy atom. The number of hydrogen-bond acceptors (Lipinski definition) is 4. The van der Waals surface area contributed by atoms with E-state index in [1.807, 2.05) is 38.1 Å². The van der Waals surface area contributed by atoms with Gasteiger partial charge in [-0.25, -0.2) is 0 Å². The Morgan fingerprint density at radius 3 is 2.68 bits per heavy atom. The maximum absolute atomic E-state index is 12.4. The van der Waals surface area contributed by atoms with E-state index >= 15 is 0 Å². The molecule has 0 radical (unpaired) electrons. The van der Waals surface area contributed by atoms with E-state index in [9.17, 15) is 19.6 Å². The summed E-state index contributed by atoms with van der Waals surface area (Å²) in [6, 6.07) is 9.18. The van der Waals surface area contributed by atoms with Crippen LogP contribution in [0.3, 0.4) is 0 Å². The Kier molecular flexibility index (Phi) is 6.55. The van der Waals surface area contributed by atoms with Crippen molar-refractivity contribution in [2.24, 2.45) is 5.92 Å². The Labute approximate surface area is 146 Å². The van der Waals surface area contributed by atoms with Gasteiger partial charge in [0, 0.05) is 24.2 Å². The first-order valence-electron chi connectivity index (χ1n) is 8.30. The molecule has 0 unspecified atom stereocenters. The SMILES string of the molecule is CC(C)C[C@H](NC(=O)/C=C/Cn1ccc2ccccc2c1=O)B(O)O. The summed E-state index contributed by atoms with van der Waals surface area (Å²) in [5, 5.41) is 22.7. The molecule has 1 amide bonds. The van der Waals surface area contributed by atoms with Crippen molar-refractivity contribution in [3.63, 3.8) is 0 Å². The van der Waals surface area contributed by atoms with Crippen LogP contribution in [0.2, 0.25) is 0 Å². The molecular weight excluding hydrogens is 319 g/mol. The van der Waals surface area contributed by atoms with Crippen LogP contribution in [0, 0.1) is 5.92 Å². The smallest absolute Gasteiger partial charge is 0.426 e. The van der Waals surface area contributed by atoms with Gasteiger partial charge >= 0.3 is 7.12 Å². The van der Waals surface area contributed by atoms with Crippen molar-refractivity contribution in [1.29, 1.82) is 0 Å². The molecule has 1 atom stereocenters. The highest BCUT2D eigenvalue weighted by molar-refractivity contribution is 6.43. The number of nitrogens with one attached hydrogen (secondary N) is 1. The van der Waals surface area contributed by atoms with Gasteiger partial charge in [0.15, 0.2) is 0 Å². The fourth-order valence-corrected chi connectivity index (χ4v) is 2.64. The monoisotopic (exact) mass is 342 g/mol. The molecule has 0 bridgehead atoms. The first kappa shape index (κ1) is 19.0. The summed E-state index contributed by atoms with van der Waals surface area (Å²) in [7, 11) is -1.61. The van der Waals surface area contributed by atoms with E-state index in [0.29, 0.717) is 11.8 Å². The molecule has 3 N–H and O–H groups in total. The Bertz CT molecular complexity index is 814. The van der Waals surface area contributed by atoms with Crippen molar-refractivity contribution >= 4 is 23.8 Å². The number of allylic oxidation sites excluding steroid dienone is 1. The van der Waals surface area contributed by atoms with Crippen molar-refractivity contribution in [2.75, 3.05) is 0 Å². The minimum Gasteiger partial charge on any atom is -0.426 e. The molecule has 1 aromatic carbocycles. The molecule has 1 aromatic heterocycles. The number of rotatable bonds is 7. The van der Waals surface area contributed by atoms with Crippen LogP contribution < -0.4 is 10.9 Å². The van der Waals surface area contributed by atoms with Crippen LogP contribution >= 0.6 is 0 Å². The number of carbonyl (C=O) groups excluding carboxylic acids is 1. The minimum atomic E-state index is -1.61. The molecule has 0 spiro atoms. The topological polar surface area (TPSA) is 91.6 Å². The van der Waals surface area contributed by atoms with E-state index in [-0.39, 0.29) is 18.0 Å². The van der Waals surface area contributed by atoms with Gasteiger partial charge in [-0.05, 0) is 29.9 Å². The van der Waals surface area contributed by atoms with Crippen LogP contribution in [0.1, 0.15) is 20.3 Å². The lowest BCUT2D eigenvalue weighted by Crippen LogP contribution is -2.46. The average Bonchev–Trinajstić information content (AvgIpc) is 2.56. The molecule has 2 rings (SSSR count). The van der Waals surface area contributed by atoms with Crippen molar-refractivity contribution in [3.8, 4) is 0 Å². The van der Waals surface area contributed by atoms with Gasteiger partial charge in [-0.15, -0.1) is 0 Å². The predicted octanol–water partition coefficient (Wildman–Crippen LogP) is 1.10. The molecule has 0 saturated heterocycles. The van der Waals surface area contributed by atoms with Crippen molar-refractivity contribution in [2.45, 2.75) is 32.8 Å². The minimum absolute atomic E-state index is 0.119. The molecule has 6 nitrogen and oxygen atoms in total. The summed E-state index contributed by atoms with van der Waals surface area (Å²) in [6.07, 6.45) is 5.02. The highest BCUT2D eigenvalue weighted by Gasteiger charge is 2.25. The maximum atomic E-state index is 12.4. The second-order valence-electron chi connectivity index (χ2n) is 6.42. The summed E-state index contributed by atoms with van der Waals surface area (Å²) < 4.78 is 1.51. The van der Waals surface area contributed by atoms with Gasteiger partial charge in [0.1, 0.15) is 0 Å². The fraction of sp³-hybridized carbons (Fsp3) is 0.333. The van der Waals surface area contributed by atoms with Gasteiger partial charge in [0.05, 0.1) is 5.94 Å². The van der Waals surface area contributed by atoms with Crippen molar-refractivity contribution < 1.29 is 14.8 Å². The van der Waals surface area contributed by atoms with Crippen molar-refractivity contribution in [3.05, 3.63) is 59.0 Å². The molecule has 1 heterocycles. The Hall–Kier alpha value is -2.38. The molecule has 7 heteroatoms. The van der Waals surface area contributed by atoms with E-state index in [2.05, 4.69) is 5.32 Å². The summed E-state index contributed by atoms with van der Waals surface area (Å²) in [5.41, 5.74) is -0.119. The van der Waals surface area contributed by atoms with E-state index in [0.717, 1.165) is 5.39 Å². The predicted molar refractivity (Wildman–Crippen MR) is 98.9 cm³/mol. The number of nitrogens with zero attached hydrogens (tertiary/aromatic N) is 1. The first-order valence-corrected chi connectivity index (χ1v) is 8.30. The number of amides is 1. The average molecular weight is 342 g/mol. The van der Waals surface area contributed by atoms with Gasteiger partial charge in [0.2, 0.25) is 5.91 Å². The second-order valence-corrected chi connectivity index (χ2v) is 6.42. The van der Waals surface area contributed by atoms with Crippen molar-refractivity contribution in [1.82, 2.24) is 9.88 Å². The van der Waals surface area contributed by atoms with E-state index in [1.54, 1.807) is 18.3 Å². The zero-order valence-electron chi connectivity index (χ0n) is 14.4. The molecule has 2 aromatic rings. The van der Waals surface area contributed by atoms with Crippen LogP contribution in [0.25, 0.3) is 10.8 Å². The normalized spacial score (nSPS) is 12.7. The Balaban J connectivity index is 2.02. The molecular formula is C18H23BN2O4. The Morgan fingerprint density at radius 2 is 2.00 bits per heavy atom. The number of aromatic nitrogens is 1. The third kappa shape index (κ3) is 5.30. The summed E-state index contributed by atoms with van der Waals surface area (Å²) in [6.45, 7) is 4.13. The number of benzene rings is 1. The maximum Gasteiger partial charge on any atom is 0.475 e. The standard InChI is InChI=1S/C18H23BN2O4/c1-13(2)12-16(19(24)25)20-17(22)8-5-10-21-11-9-14-6-3-4-7-15(14)18(21)23/h3-9,11,13,16,24-25H,10,12H2,1-2H3,(H,20,22)/b8-5+/t16-/m0/s1. The second kappa shape index (κ2) is 8.64. The molecule has 0 fully saturated rings. The third-order valence-electron chi connectivity index (χ3n) is 3.87. The van der Waals surface area contributed by atoms with E-state index in [4.69, 9.17) is 0 Å². The highest BCUT2D eigenvalue weighted by atomic mass is 16.4. The molecule has 0 aliphatic rings. The van der Waals surface area contributed by atoms with Gasteiger partial charge in [-0.3, -0.25) is 9.59 Å². The zero-order chi connectivity index (χ0) is 18.4. The highest BCUT2D eigenvalue weighted by Crippen LogP contribution is 2.08. The number of fused-ring (bicyclic) bond motifs is 1. The van der Waals surface area contributed by atoms with E-state index < -0.39 is 19.0 Å². The van der Waals surface area contributed by atoms with Crippen LogP contribution in [0.15, 0.2) is 53.5 Å². The molecule has 0 saturated carbocycles. The molecule has 0 aliphatic heterocycles. The van der Waals surface area contributed by atoms with Gasteiger partial charge in [0.25, 0.3) is 5.56 Å². The molecule has 132 valence electrons.